The van der Waals surface area contributed by atoms with Crippen molar-refractivity contribution in [3.63, 3.8) is 0 Å². The van der Waals surface area contributed by atoms with E-state index in [2.05, 4.69) is 22.8 Å². The Bertz CT molecular complexity index is 667. The highest BCUT2D eigenvalue weighted by molar-refractivity contribution is 6.35. The average molecular weight is 321 g/mol. The minimum Gasteiger partial charge on any atom is -0.325 e. The van der Waals surface area contributed by atoms with Gasteiger partial charge in [0.2, 0.25) is 5.91 Å². The third kappa shape index (κ3) is 3.38. The normalized spacial score (nSPS) is 17.1. The first-order valence-corrected chi connectivity index (χ1v) is 7.44. The van der Waals surface area contributed by atoms with E-state index in [9.17, 15) is 4.79 Å². The first kappa shape index (κ1) is 14.4. The fraction of sp³-hybridized carbons (Fsp3) is 0.188. The summed E-state index contributed by atoms with van der Waals surface area (Å²) in [7, 11) is 0. The summed E-state index contributed by atoms with van der Waals surface area (Å²) in [4.78, 5) is 12.3. The molecule has 21 heavy (non-hydrogen) atoms. The molecular formula is C16H14Cl2N2O. The lowest BCUT2D eigenvalue weighted by Gasteiger charge is -2.25. The molecule has 1 atom stereocenters. The molecule has 1 aliphatic heterocycles. The van der Waals surface area contributed by atoms with Crippen molar-refractivity contribution in [2.45, 2.75) is 19.0 Å². The van der Waals surface area contributed by atoms with Gasteiger partial charge in [0.15, 0.2) is 0 Å². The summed E-state index contributed by atoms with van der Waals surface area (Å²) in [5.74, 6) is -0.0807. The van der Waals surface area contributed by atoms with Crippen LogP contribution < -0.4 is 10.6 Å². The minimum atomic E-state index is -0.252. The fourth-order valence-corrected chi connectivity index (χ4v) is 3.02. The van der Waals surface area contributed by atoms with E-state index in [1.54, 1.807) is 18.2 Å². The number of hydrogen-bond acceptors (Lipinski definition) is 2. The molecule has 0 radical (unpaired) electrons. The Labute approximate surface area is 133 Å². The number of rotatable bonds is 2. The van der Waals surface area contributed by atoms with E-state index in [1.807, 2.05) is 12.1 Å². The highest BCUT2D eigenvalue weighted by Crippen LogP contribution is 2.23. The molecular weight excluding hydrogens is 307 g/mol. The van der Waals surface area contributed by atoms with Crippen molar-refractivity contribution in [2.24, 2.45) is 0 Å². The largest absolute Gasteiger partial charge is 0.325 e. The van der Waals surface area contributed by atoms with E-state index < -0.39 is 0 Å². The van der Waals surface area contributed by atoms with Crippen LogP contribution in [0.25, 0.3) is 0 Å². The maximum atomic E-state index is 12.3. The van der Waals surface area contributed by atoms with Crippen molar-refractivity contribution in [3.05, 3.63) is 63.6 Å². The summed E-state index contributed by atoms with van der Waals surface area (Å²) >= 11 is 11.9. The quantitative estimate of drug-likeness (QED) is 0.886. The van der Waals surface area contributed by atoms with Gasteiger partial charge in [-0.3, -0.25) is 4.79 Å². The Kier molecular flexibility index (Phi) is 4.15. The molecule has 0 saturated heterocycles. The molecule has 0 saturated carbocycles. The van der Waals surface area contributed by atoms with Gasteiger partial charge < -0.3 is 10.6 Å². The van der Waals surface area contributed by atoms with E-state index in [0.29, 0.717) is 28.7 Å². The molecule has 2 N–H and O–H groups in total. The van der Waals surface area contributed by atoms with Gasteiger partial charge in [-0.05, 0) is 35.7 Å². The third-order valence-corrected chi connectivity index (χ3v) is 3.96. The molecule has 0 bridgehead atoms. The second-order valence-corrected chi connectivity index (χ2v) is 5.93. The van der Waals surface area contributed by atoms with Gasteiger partial charge in [0.1, 0.15) is 0 Å². The molecule has 3 rings (SSSR count). The standard InChI is InChI=1S/C16H14Cl2N2O/c17-12-6-13(18)8-14(7-12)20-16(21)15-5-10-3-1-2-4-11(10)9-19-15/h1-4,6-8,15,19H,5,9H2,(H,20,21)/t15-/m0/s1. The maximum Gasteiger partial charge on any atom is 0.241 e. The zero-order valence-electron chi connectivity index (χ0n) is 11.2. The van der Waals surface area contributed by atoms with Gasteiger partial charge in [0.25, 0.3) is 0 Å². The number of carbonyl (C=O) groups is 1. The van der Waals surface area contributed by atoms with E-state index in [0.717, 1.165) is 0 Å². The maximum absolute atomic E-state index is 12.3. The monoisotopic (exact) mass is 320 g/mol. The first-order chi connectivity index (χ1) is 10.1. The molecule has 2 aromatic rings. The molecule has 1 amide bonds. The van der Waals surface area contributed by atoms with E-state index in [-0.39, 0.29) is 11.9 Å². The Hall–Kier alpha value is -1.55. The first-order valence-electron chi connectivity index (χ1n) is 6.69. The highest BCUT2D eigenvalue weighted by Gasteiger charge is 2.23. The van der Waals surface area contributed by atoms with Gasteiger partial charge >= 0.3 is 0 Å². The molecule has 108 valence electrons. The van der Waals surface area contributed by atoms with Crippen LogP contribution in [-0.2, 0) is 17.8 Å². The van der Waals surface area contributed by atoms with Gasteiger partial charge in [-0.25, -0.2) is 0 Å². The van der Waals surface area contributed by atoms with Crippen molar-refractivity contribution in [1.82, 2.24) is 5.32 Å². The van der Waals surface area contributed by atoms with Gasteiger partial charge in [0, 0.05) is 22.3 Å². The average Bonchev–Trinajstić information content (AvgIpc) is 2.45. The van der Waals surface area contributed by atoms with Gasteiger partial charge in [-0.2, -0.15) is 0 Å². The summed E-state index contributed by atoms with van der Waals surface area (Å²) in [5, 5.41) is 7.10. The summed E-state index contributed by atoms with van der Waals surface area (Å²) in [6.45, 7) is 0.699. The van der Waals surface area contributed by atoms with E-state index in [4.69, 9.17) is 23.2 Å². The lowest BCUT2D eigenvalue weighted by atomic mass is 9.95. The van der Waals surface area contributed by atoms with Crippen LogP contribution >= 0.6 is 23.2 Å². The summed E-state index contributed by atoms with van der Waals surface area (Å²) in [5.41, 5.74) is 3.06. The van der Waals surface area contributed by atoms with Crippen molar-refractivity contribution in [1.29, 1.82) is 0 Å². The summed E-state index contributed by atoms with van der Waals surface area (Å²) in [6, 6.07) is 12.9. The van der Waals surface area contributed by atoms with Crippen LogP contribution in [0.4, 0.5) is 5.69 Å². The number of nitrogens with one attached hydrogen (secondary N) is 2. The smallest absolute Gasteiger partial charge is 0.241 e. The summed E-state index contributed by atoms with van der Waals surface area (Å²) in [6.07, 6.45) is 0.677. The Morgan fingerprint density at radius 3 is 2.48 bits per heavy atom. The number of amides is 1. The van der Waals surface area contributed by atoms with Crippen LogP contribution in [0.3, 0.4) is 0 Å². The molecule has 0 aliphatic carbocycles. The Balaban J connectivity index is 1.72. The predicted molar refractivity (Wildman–Crippen MR) is 85.9 cm³/mol. The van der Waals surface area contributed by atoms with Gasteiger partial charge in [-0.1, -0.05) is 47.5 Å². The number of hydrogen-bond donors (Lipinski definition) is 2. The lowest BCUT2D eigenvalue weighted by Crippen LogP contribution is -2.44. The molecule has 0 unspecified atom stereocenters. The molecule has 1 heterocycles. The van der Waals surface area contributed by atoms with Crippen LogP contribution in [0.15, 0.2) is 42.5 Å². The molecule has 2 aromatic carbocycles. The number of anilines is 1. The van der Waals surface area contributed by atoms with Crippen molar-refractivity contribution >= 4 is 34.8 Å². The molecule has 0 spiro atoms. The van der Waals surface area contributed by atoms with Crippen molar-refractivity contribution in [3.8, 4) is 0 Å². The zero-order valence-corrected chi connectivity index (χ0v) is 12.7. The lowest BCUT2D eigenvalue weighted by molar-refractivity contribution is -0.118. The van der Waals surface area contributed by atoms with E-state index >= 15 is 0 Å². The van der Waals surface area contributed by atoms with Crippen LogP contribution in [0, 0.1) is 0 Å². The number of halogens is 2. The topological polar surface area (TPSA) is 41.1 Å². The van der Waals surface area contributed by atoms with Crippen LogP contribution in [0.2, 0.25) is 10.0 Å². The molecule has 3 nitrogen and oxygen atoms in total. The zero-order chi connectivity index (χ0) is 14.8. The predicted octanol–water partition coefficient (Wildman–Crippen LogP) is 3.65. The minimum absolute atomic E-state index is 0.0807. The SMILES string of the molecule is O=C(Nc1cc(Cl)cc(Cl)c1)[C@@H]1Cc2ccccc2CN1. The Morgan fingerprint density at radius 2 is 1.76 bits per heavy atom. The van der Waals surface area contributed by atoms with Gasteiger partial charge in [-0.15, -0.1) is 0 Å². The van der Waals surface area contributed by atoms with Crippen molar-refractivity contribution in [2.75, 3.05) is 5.32 Å². The molecule has 0 fully saturated rings. The van der Waals surface area contributed by atoms with Crippen LogP contribution in [-0.4, -0.2) is 11.9 Å². The third-order valence-electron chi connectivity index (χ3n) is 3.53. The summed E-state index contributed by atoms with van der Waals surface area (Å²) < 4.78 is 0. The van der Waals surface area contributed by atoms with E-state index in [1.165, 1.54) is 11.1 Å². The van der Waals surface area contributed by atoms with Crippen molar-refractivity contribution < 1.29 is 4.79 Å². The number of carbonyl (C=O) groups excluding carboxylic acids is 1. The highest BCUT2D eigenvalue weighted by atomic mass is 35.5. The second kappa shape index (κ2) is 6.06. The molecule has 5 heteroatoms. The fourth-order valence-electron chi connectivity index (χ4n) is 2.50. The number of fused-ring (bicyclic) bond motifs is 1. The Morgan fingerprint density at radius 1 is 1.10 bits per heavy atom. The molecule has 0 aromatic heterocycles. The molecule has 1 aliphatic rings. The second-order valence-electron chi connectivity index (χ2n) is 5.05. The van der Waals surface area contributed by atoms with Gasteiger partial charge in [0.05, 0.1) is 6.04 Å². The van der Waals surface area contributed by atoms with Crippen LogP contribution in [0.5, 0.6) is 0 Å². The number of benzene rings is 2. The van der Waals surface area contributed by atoms with Crippen LogP contribution in [0.1, 0.15) is 11.1 Å².